The number of aromatic amines is 1. The average molecular weight is 462 g/mol. The van der Waals surface area contributed by atoms with Crippen LogP contribution in [-0.2, 0) is 9.84 Å². The molecule has 0 radical (unpaired) electrons. The summed E-state index contributed by atoms with van der Waals surface area (Å²) in [5.41, 5.74) is 6.17. The standard InChI is InChI=1S/C23H19N5O2S2/c1-14-9-19-20(26-22(25-19)15-5-3-7-17(10-15)32(2,29)30)11-18(14)27-23-28-21(13-31-23)16-6-4-8-24-12-16/h3-13H,1-2H3,(H,25,26)(H,27,28). The summed E-state index contributed by atoms with van der Waals surface area (Å²) in [5, 5.41) is 6.16. The Hall–Kier alpha value is -3.56. The highest BCUT2D eigenvalue weighted by molar-refractivity contribution is 7.90. The monoisotopic (exact) mass is 461 g/mol. The van der Waals surface area contributed by atoms with Gasteiger partial charge in [-0.3, -0.25) is 4.98 Å². The number of hydrogen-bond donors (Lipinski definition) is 2. The van der Waals surface area contributed by atoms with Crippen LogP contribution in [0.1, 0.15) is 5.56 Å². The molecule has 3 heterocycles. The third kappa shape index (κ3) is 4.00. The van der Waals surface area contributed by atoms with E-state index >= 15 is 0 Å². The van der Waals surface area contributed by atoms with Crippen LogP contribution in [0.5, 0.6) is 0 Å². The lowest BCUT2D eigenvalue weighted by Gasteiger charge is -2.06. The average Bonchev–Trinajstić information content (AvgIpc) is 3.41. The first-order chi connectivity index (χ1) is 15.4. The predicted molar refractivity (Wildman–Crippen MR) is 128 cm³/mol. The topological polar surface area (TPSA) is 101 Å². The number of nitrogens with zero attached hydrogens (tertiary/aromatic N) is 3. The molecule has 0 saturated carbocycles. The zero-order chi connectivity index (χ0) is 22.3. The Labute approximate surface area is 189 Å². The Morgan fingerprint density at radius 1 is 1.03 bits per heavy atom. The molecule has 32 heavy (non-hydrogen) atoms. The normalized spacial score (nSPS) is 11.7. The predicted octanol–water partition coefficient (Wildman–Crippen LogP) is 5.20. The first kappa shape index (κ1) is 20.3. The maximum Gasteiger partial charge on any atom is 0.187 e. The van der Waals surface area contributed by atoms with E-state index in [-0.39, 0.29) is 4.90 Å². The molecule has 0 amide bonds. The number of nitrogens with one attached hydrogen (secondary N) is 2. The van der Waals surface area contributed by atoms with Gasteiger partial charge in [0.05, 0.1) is 21.6 Å². The van der Waals surface area contributed by atoms with Crippen molar-refractivity contribution in [3.63, 3.8) is 0 Å². The summed E-state index contributed by atoms with van der Waals surface area (Å²) >= 11 is 1.52. The lowest BCUT2D eigenvalue weighted by Crippen LogP contribution is -1.97. The van der Waals surface area contributed by atoms with Crippen molar-refractivity contribution in [2.75, 3.05) is 11.6 Å². The van der Waals surface area contributed by atoms with Crippen LogP contribution in [0, 0.1) is 6.92 Å². The molecule has 0 bridgehead atoms. The molecule has 3 aromatic heterocycles. The zero-order valence-electron chi connectivity index (χ0n) is 17.3. The molecule has 0 fully saturated rings. The molecule has 0 spiro atoms. The lowest BCUT2D eigenvalue weighted by atomic mass is 10.2. The van der Waals surface area contributed by atoms with E-state index in [0.717, 1.165) is 44.2 Å². The van der Waals surface area contributed by atoms with Crippen LogP contribution < -0.4 is 5.32 Å². The van der Waals surface area contributed by atoms with Gasteiger partial charge in [0.15, 0.2) is 15.0 Å². The van der Waals surface area contributed by atoms with Crippen LogP contribution >= 0.6 is 11.3 Å². The van der Waals surface area contributed by atoms with Crippen LogP contribution in [0.15, 0.2) is 71.2 Å². The summed E-state index contributed by atoms with van der Waals surface area (Å²) in [5.74, 6) is 0.621. The third-order valence-corrected chi connectivity index (χ3v) is 6.93. The van der Waals surface area contributed by atoms with Gasteiger partial charge in [-0.05, 0) is 48.9 Å². The maximum atomic E-state index is 11.9. The Morgan fingerprint density at radius 2 is 1.88 bits per heavy atom. The summed E-state index contributed by atoms with van der Waals surface area (Å²) in [6.07, 6.45) is 4.73. The summed E-state index contributed by atoms with van der Waals surface area (Å²) in [7, 11) is -3.29. The summed E-state index contributed by atoms with van der Waals surface area (Å²) in [4.78, 5) is 17.1. The van der Waals surface area contributed by atoms with Gasteiger partial charge in [-0.1, -0.05) is 12.1 Å². The fraction of sp³-hybridized carbons (Fsp3) is 0.0870. The van der Waals surface area contributed by atoms with Crippen LogP contribution in [0.25, 0.3) is 33.7 Å². The molecule has 5 aromatic rings. The van der Waals surface area contributed by atoms with E-state index in [0.29, 0.717) is 5.82 Å². The van der Waals surface area contributed by atoms with Crippen LogP contribution in [0.2, 0.25) is 0 Å². The second kappa shape index (κ2) is 7.85. The molecule has 0 aliphatic rings. The maximum absolute atomic E-state index is 11.9. The van der Waals surface area contributed by atoms with Crippen molar-refractivity contribution in [2.45, 2.75) is 11.8 Å². The van der Waals surface area contributed by atoms with Crippen LogP contribution in [0.3, 0.4) is 0 Å². The van der Waals surface area contributed by atoms with Crippen molar-refractivity contribution in [1.29, 1.82) is 0 Å². The highest BCUT2D eigenvalue weighted by atomic mass is 32.2. The molecular formula is C23H19N5O2S2. The minimum absolute atomic E-state index is 0.266. The van der Waals surface area contributed by atoms with E-state index in [1.54, 1.807) is 30.6 Å². The molecule has 0 aliphatic carbocycles. The van der Waals surface area contributed by atoms with E-state index in [2.05, 4.69) is 25.3 Å². The van der Waals surface area contributed by atoms with E-state index in [4.69, 9.17) is 0 Å². The highest BCUT2D eigenvalue weighted by Crippen LogP contribution is 2.31. The quantitative estimate of drug-likeness (QED) is 0.373. The smallest absolute Gasteiger partial charge is 0.187 e. The SMILES string of the molecule is Cc1cc2[nH]c(-c3cccc(S(C)(=O)=O)c3)nc2cc1Nc1nc(-c2cccnc2)cs1. The van der Waals surface area contributed by atoms with Gasteiger partial charge in [-0.25, -0.2) is 18.4 Å². The second-order valence-electron chi connectivity index (χ2n) is 7.47. The van der Waals surface area contributed by atoms with E-state index in [1.807, 2.05) is 42.6 Å². The van der Waals surface area contributed by atoms with Gasteiger partial charge in [0.25, 0.3) is 0 Å². The number of anilines is 2. The van der Waals surface area contributed by atoms with Crippen molar-refractivity contribution in [3.05, 3.63) is 71.9 Å². The van der Waals surface area contributed by atoms with Crippen molar-refractivity contribution >= 4 is 43.0 Å². The molecule has 160 valence electrons. The minimum Gasteiger partial charge on any atom is -0.338 e. The molecule has 2 N–H and O–H groups in total. The van der Waals surface area contributed by atoms with Crippen molar-refractivity contribution in [2.24, 2.45) is 0 Å². The number of H-pyrrole nitrogens is 1. The Bertz CT molecular complexity index is 1540. The van der Waals surface area contributed by atoms with Gasteiger partial charge < -0.3 is 10.3 Å². The van der Waals surface area contributed by atoms with Gasteiger partial charge in [0.2, 0.25) is 0 Å². The molecule has 7 nitrogen and oxygen atoms in total. The number of fused-ring (bicyclic) bond motifs is 1. The summed E-state index contributed by atoms with van der Waals surface area (Å²) in [6.45, 7) is 2.02. The van der Waals surface area contributed by atoms with Gasteiger partial charge in [-0.15, -0.1) is 11.3 Å². The number of rotatable bonds is 5. The molecule has 0 saturated heterocycles. The van der Waals surface area contributed by atoms with Crippen molar-refractivity contribution in [3.8, 4) is 22.6 Å². The van der Waals surface area contributed by atoms with E-state index < -0.39 is 9.84 Å². The van der Waals surface area contributed by atoms with Crippen LogP contribution in [-0.4, -0.2) is 34.6 Å². The second-order valence-corrected chi connectivity index (χ2v) is 10.3. The number of imidazole rings is 1. The van der Waals surface area contributed by atoms with E-state index in [9.17, 15) is 8.42 Å². The fourth-order valence-electron chi connectivity index (χ4n) is 3.40. The van der Waals surface area contributed by atoms with Gasteiger partial charge in [0.1, 0.15) is 5.82 Å². The molecular weight excluding hydrogens is 442 g/mol. The highest BCUT2D eigenvalue weighted by Gasteiger charge is 2.13. The fourth-order valence-corrected chi connectivity index (χ4v) is 4.80. The summed E-state index contributed by atoms with van der Waals surface area (Å²) in [6, 6.07) is 14.6. The van der Waals surface area contributed by atoms with Gasteiger partial charge in [-0.2, -0.15) is 0 Å². The Balaban J connectivity index is 1.47. The zero-order valence-corrected chi connectivity index (χ0v) is 19.0. The number of pyridine rings is 1. The van der Waals surface area contributed by atoms with Crippen molar-refractivity contribution in [1.82, 2.24) is 19.9 Å². The van der Waals surface area contributed by atoms with E-state index in [1.165, 1.54) is 17.6 Å². The van der Waals surface area contributed by atoms with Crippen LogP contribution in [0.4, 0.5) is 10.8 Å². The van der Waals surface area contributed by atoms with Crippen molar-refractivity contribution < 1.29 is 8.42 Å². The Kier molecular flexibility index (Phi) is 4.99. The number of benzene rings is 2. The first-order valence-corrected chi connectivity index (χ1v) is 12.6. The summed E-state index contributed by atoms with van der Waals surface area (Å²) < 4.78 is 23.8. The molecule has 0 atom stereocenters. The minimum atomic E-state index is -3.29. The largest absolute Gasteiger partial charge is 0.338 e. The number of aryl methyl sites for hydroxylation is 1. The number of thiazole rings is 1. The molecule has 5 rings (SSSR count). The lowest BCUT2D eigenvalue weighted by molar-refractivity contribution is 0.602. The number of sulfone groups is 1. The number of aromatic nitrogens is 4. The molecule has 2 aromatic carbocycles. The number of hydrogen-bond acceptors (Lipinski definition) is 7. The molecule has 0 aliphatic heterocycles. The van der Waals surface area contributed by atoms with Gasteiger partial charge in [0, 0.05) is 40.8 Å². The first-order valence-electron chi connectivity index (χ1n) is 9.81. The Morgan fingerprint density at radius 3 is 2.66 bits per heavy atom. The third-order valence-electron chi connectivity index (χ3n) is 5.07. The van der Waals surface area contributed by atoms with Gasteiger partial charge >= 0.3 is 0 Å². The molecule has 9 heteroatoms. The molecule has 0 unspecified atom stereocenters.